The monoisotopic (exact) mass is 278 g/mol. The Morgan fingerprint density at radius 1 is 1.40 bits per heavy atom. The van der Waals surface area contributed by atoms with Crippen LogP contribution >= 0.6 is 0 Å². The van der Waals surface area contributed by atoms with Crippen LogP contribution in [0.1, 0.15) is 43.5 Å². The fourth-order valence-corrected chi connectivity index (χ4v) is 1.74. The van der Waals surface area contributed by atoms with Gasteiger partial charge in [0.1, 0.15) is 17.0 Å². The van der Waals surface area contributed by atoms with Crippen molar-refractivity contribution in [2.75, 3.05) is 11.9 Å². The first-order valence-corrected chi connectivity index (χ1v) is 6.64. The average Bonchev–Trinajstić information content (AvgIpc) is 2.82. The largest absolute Gasteiger partial charge is 0.461 e. The number of anilines is 1. The van der Waals surface area contributed by atoms with Crippen molar-refractivity contribution in [1.82, 2.24) is 15.1 Å². The van der Waals surface area contributed by atoms with Gasteiger partial charge in [0.25, 0.3) is 5.71 Å². The molecule has 20 heavy (non-hydrogen) atoms. The molecule has 0 fully saturated rings. The Morgan fingerprint density at radius 3 is 2.80 bits per heavy atom. The van der Waals surface area contributed by atoms with E-state index >= 15 is 0 Å². The topological polar surface area (TPSA) is 90.1 Å². The molecule has 2 aromatic heterocycles. The van der Waals surface area contributed by atoms with E-state index in [2.05, 4.69) is 27.4 Å². The van der Waals surface area contributed by atoms with Gasteiger partial charge in [-0.1, -0.05) is 12.1 Å². The summed E-state index contributed by atoms with van der Waals surface area (Å²) < 4.78 is 10.1. The summed E-state index contributed by atoms with van der Waals surface area (Å²) in [7, 11) is 0. The normalized spacial score (nSPS) is 12.4. The molecule has 0 aliphatic carbocycles. The SMILES string of the molecule is CCOC(=O)c1noc2nc(C)nc(N[C@@H](C)CC)c12. The lowest BCUT2D eigenvalue weighted by Gasteiger charge is -2.13. The summed E-state index contributed by atoms with van der Waals surface area (Å²) in [5.41, 5.74) is 0.388. The van der Waals surface area contributed by atoms with Gasteiger partial charge in [0.05, 0.1) is 6.61 Å². The second kappa shape index (κ2) is 5.85. The number of esters is 1. The fraction of sp³-hybridized carbons (Fsp3) is 0.538. The molecule has 0 radical (unpaired) electrons. The van der Waals surface area contributed by atoms with Gasteiger partial charge in [-0.15, -0.1) is 0 Å². The zero-order valence-electron chi connectivity index (χ0n) is 12.1. The number of aromatic nitrogens is 3. The zero-order chi connectivity index (χ0) is 14.7. The lowest BCUT2D eigenvalue weighted by molar-refractivity contribution is 0.0517. The van der Waals surface area contributed by atoms with Crippen molar-refractivity contribution in [1.29, 1.82) is 0 Å². The summed E-state index contributed by atoms with van der Waals surface area (Å²) in [5.74, 6) is 0.562. The molecule has 2 heterocycles. The maximum absolute atomic E-state index is 11.9. The van der Waals surface area contributed by atoms with Crippen molar-refractivity contribution in [3.05, 3.63) is 11.5 Å². The van der Waals surface area contributed by atoms with Crippen molar-refractivity contribution in [2.24, 2.45) is 0 Å². The first-order chi connectivity index (χ1) is 9.56. The van der Waals surface area contributed by atoms with E-state index in [4.69, 9.17) is 9.26 Å². The molecule has 0 unspecified atom stereocenters. The minimum Gasteiger partial charge on any atom is -0.461 e. The molecule has 0 saturated heterocycles. The summed E-state index contributed by atoms with van der Waals surface area (Å²) in [6, 6.07) is 0.206. The van der Waals surface area contributed by atoms with Crippen LogP contribution in [-0.2, 0) is 4.74 Å². The summed E-state index contributed by atoms with van der Waals surface area (Å²) in [4.78, 5) is 20.4. The molecule has 1 N–H and O–H groups in total. The van der Waals surface area contributed by atoms with Gasteiger partial charge in [0.2, 0.25) is 5.69 Å². The van der Waals surface area contributed by atoms with E-state index in [0.29, 0.717) is 17.0 Å². The number of carbonyl (C=O) groups excluding carboxylic acids is 1. The zero-order valence-corrected chi connectivity index (χ0v) is 12.1. The van der Waals surface area contributed by atoms with Gasteiger partial charge in [-0.25, -0.2) is 9.78 Å². The minimum atomic E-state index is -0.536. The van der Waals surface area contributed by atoms with Gasteiger partial charge in [0, 0.05) is 6.04 Å². The van der Waals surface area contributed by atoms with E-state index in [-0.39, 0.29) is 24.1 Å². The molecule has 1 atom stereocenters. The maximum Gasteiger partial charge on any atom is 0.361 e. The summed E-state index contributed by atoms with van der Waals surface area (Å²) in [6.07, 6.45) is 0.921. The van der Waals surface area contributed by atoms with E-state index in [1.54, 1.807) is 13.8 Å². The third-order valence-corrected chi connectivity index (χ3v) is 2.91. The number of carbonyl (C=O) groups is 1. The summed E-state index contributed by atoms with van der Waals surface area (Å²) in [6.45, 7) is 7.85. The number of rotatable bonds is 5. The molecule has 7 nitrogen and oxygen atoms in total. The van der Waals surface area contributed by atoms with E-state index in [0.717, 1.165) is 6.42 Å². The molecule has 0 saturated carbocycles. The van der Waals surface area contributed by atoms with Crippen molar-refractivity contribution in [3.8, 4) is 0 Å². The second-order valence-corrected chi connectivity index (χ2v) is 4.50. The molecule has 0 aromatic carbocycles. The quantitative estimate of drug-likeness (QED) is 0.839. The summed E-state index contributed by atoms with van der Waals surface area (Å²) >= 11 is 0. The van der Waals surface area contributed by atoms with Crippen LogP contribution in [0.3, 0.4) is 0 Å². The highest BCUT2D eigenvalue weighted by atomic mass is 16.5. The lowest BCUT2D eigenvalue weighted by atomic mass is 10.2. The van der Waals surface area contributed by atoms with Gasteiger partial charge >= 0.3 is 5.97 Å². The number of ether oxygens (including phenoxy) is 1. The number of fused-ring (bicyclic) bond motifs is 1. The van der Waals surface area contributed by atoms with Crippen molar-refractivity contribution >= 4 is 22.9 Å². The molecule has 108 valence electrons. The molecule has 2 rings (SSSR count). The first-order valence-electron chi connectivity index (χ1n) is 6.64. The number of hydrogen-bond acceptors (Lipinski definition) is 7. The van der Waals surface area contributed by atoms with Crippen LogP contribution in [0.4, 0.5) is 5.82 Å². The highest BCUT2D eigenvalue weighted by Gasteiger charge is 2.23. The number of hydrogen-bond donors (Lipinski definition) is 1. The predicted octanol–water partition coefficient (Wildman–Crippen LogP) is 2.31. The Balaban J connectivity index is 2.53. The standard InChI is InChI=1S/C13H18N4O3/c1-5-7(3)14-11-9-10(13(18)19-6-2)17-20-12(9)16-8(4)15-11/h7H,5-6H2,1-4H3,(H,14,15,16)/t7-/m0/s1. The first kappa shape index (κ1) is 14.2. The molecule has 0 aliphatic heterocycles. The Hall–Kier alpha value is -2.18. The molecule has 2 aromatic rings. The highest BCUT2D eigenvalue weighted by Crippen LogP contribution is 2.25. The summed E-state index contributed by atoms with van der Waals surface area (Å²) in [5, 5.41) is 7.46. The molecular weight excluding hydrogens is 260 g/mol. The van der Waals surface area contributed by atoms with Crippen molar-refractivity contribution in [3.63, 3.8) is 0 Å². The van der Waals surface area contributed by atoms with Gasteiger partial charge in [-0.05, 0) is 27.2 Å². The van der Waals surface area contributed by atoms with E-state index in [9.17, 15) is 4.79 Å². The minimum absolute atomic E-state index is 0.104. The molecule has 0 aliphatic rings. The van der Waals surface area contributed by atoms with Crippen LogP contribution in [0.15, 0.2) is 4.52 Å². The van der Waals surface area contributed by atoms with Crippen LogP contribution in [0, 0.1) is 6.92 Å². The third kappa shape index (κ3) is 2.71. The molecule has 0 amide bonds. The van der Waals surface area contributed by atoms with Gasteiger partial charge in [0.15, 0.2) is 0 Å². The fourth-order valence-electron chi connectivity index (χ4n) is 1.74. The predicted molar refractivity (Wildman–Crippen MR) is 73.7 cm³/mol. The van der Waals surface area contributed by atoms with Gasteiger partial charge in [-0.2, -0.15) is 4.98 Å². The van der Waals surface area contributed by atoms with E-state index < -0.39 is 5.97 Å². The Morgan fingerprint density at radius 2 is 2.15 bits per heavy atom. The molecule has 0 spiro atoms. The number of aryl methyl sites for hydroxylation is 1. The van der Waals surface area contributed by atoms with Crippen LogP contribution in [-0.4, -0.2) is 33.7 Å². The molecular formula is C13H18N4O3. The number of nitrogens with zero attached hydrogens (tertiary/aromatic N) is 3. The Kier molecular flexibility index (Phi) is 4.16. The Bertz CT molecular complexity index is 623. The molecule has 0 bridgehead atoms. The number of nitrogens with one attached hydrogen (secondary N) is 1. The lowest BCUT2D eigenvalue weighted by Crippen LogP contribution is -2.16. The second-order valence-electron chi connectivity index (χ2n) is 4.50. The molecule has 7 heteroatoms. The van der Waals surface area contributed by atoms with E-state index in [1.807, 2.05) is 6.92 Å². The van der Waals surface area contributed by atoms with Gasteiger partial charge < -0.3 is 14.6 Å². The van der Waals surface area contributed by atoms with Crippen LogP contribution in [0.5, 0.6) is 0 Å². The highest BCUT2D eigenvalue weighted by molar-refractivity contribution is 6.04. The van der Waals surface area contributed by atoms with Crippen LogP contribution in [0.2, 0.25) is 0 Å². The average molecular weight is 278 g/mol. The Labute approximate surface area is 116 Å². The van der Waals surface area contributed by atoms with E-state index in [1.165, 1.54) is 0 Å². The third-order valence-electron chi connectivity index (χ3n) is 2.91. The maximum atomic E-state index is 11.9. The van der Waals surface area contributed by atoms with Crippen molar-refractivity contribution < 1.29 is 14.1 Å². The van der Waals surface area contributed by atoms with Crippen molar-refractivity contribution in [2.45, 2.75) is 40.2 Å². The van der Waals surface area contributed by atoms with Crippen LogP contribution in [0.25, 0.3) is 11.1 Å². The van der Waals surface area contributed by atoms with Gasteiger partial charge in [-0.3, -0.25) is 0 Å². The van der Waals surface area contributed by atoms with Crippen LogP contribution < -0.4 is 5.32 Å². The smallest absolute Gasteiger partial charge is 0.361 e.